The minimum atomic E-state index is -4.56. The number of rotatable bonds is 5. The van der Waals surface area contributed by atoms with Gasteiger partial charge in [-0.05, 0) is 25.2 Å². The summed E-state index contributed by atoms with van der Waals surface area (Å²) in [6.45, 7) is 1.94. The summed E-state index contributed by atoms with van der Waals surface area (Å²) in [5.41, 5.74) is 5.22. The highest BCUT2D eigenvalue weighted by atomic mass is 19.4. The summed E-state index contributed by atoms with van der Waals surface area (Å²) in [7, 11) is 0. The zero-order chi connectivity index (χ0) is 13.8. The lowest BCUT2D eigenvalue weighted by molar-refractivity contribution is -0.180. The first-order valence-corrected chi connectivity index (χ1v) is 6.36. The zero-order valence-corrected chi connectivity index (χ0v) is 10.5. The van der Waals surface area contributed by atoms with Gasteiger partial charge in [-0.3, -0.25) is 4.79 Å². The smallest absolute Gasteiger partial charge is 0.404 e. The van der Waals surface area contributed by atoms with Crippen LogP contribution in [0.1, 0.15) is 39.0 Å². The molecule has 18 heavy (non-hydrogen) atoms. The normalized spacial score (nSPS) is 20.7. The maximum absolute atomic E-state index is 12.7. The maximum atomic E-state index is 12.7. The Labute approximate surface area is 105 Å². The van der Waals surface area contributed by atoms with Crippen molar-refractivity contribution in [3.63, 3.8) is 0 Å². The number of alkyl halides is 3. The van der Waals surface area contributed by atoms with E-state index in [1.165, 1.54) is 0 Å². The number of esters is 1. The van der Waals surface area contributed by atoms with Crippen molar-refractivity contribution >= 4 is 5.97 Å². The average molecular weight is 267 g/mol. The van der Waals surface area contributed by atoms with E-state index < -0.39 is 24.1 Å². The van der Waals surface area contributed by atoms with Gasteiger partial charge in [0.25, 0.3) is 0 Å². The Balaban J connectivity index is 2.77. The lowest BCUT2D eigenvalue weighted by atomic mass is 9.84. The van der Waals surface area contributed by atoms with Crippen LogP contribution in [-0.4, -0.2) is 24.8 Å². The van der Waals surface area contributed by atoms with Crippen LogP contribution in [0.15, 0.2) is 0 Å². The predicted octanol–water partition coefficient (Wildman–Crippen LogP) is 2.64. The molecule has 2 atom stereocenters. The first-order valence-electron chi connectivity index (χ1n) is 6.36. The van der Waals surface area contributed by atoms with Crippen LogP contribution in [0.25, 0.3) is 0 Å². The Kier molecular flexibility index (Phi) is 5.44. The standard InChI is InChI=1S/C12H20F3NO2/c1-2-7-18-11(17)9(8-5-3-4-6-8)10(16)12(13,14)15/h8-10H,2-7,16H2,1H3/t9-,10-/m1/s1. The van der Waals surface area contributed by atoms with Crippen LogP contribution in [0.4, 0.5) is 13.2 Å². The van der Waals surface area contributed by atoms with Crippen LogP contribution in [-0.2, 0) is 9.53 Å². The number of hydrogen-bond acceptors (Lipinski definition) is 3. The molecule has 106 valence electrons. The Morgan fingerprint density at radius 3 is 2.39 bits per heavy atom. The molecule has 0 aliphatic heterocycles. The second-order valence-electron chi connectivity index (χ2n) is 4.81. The third-order valence-electron chi connectivity index (χ3n) is 3.39. The quantitative estimate of drug-likeness (QED) is 0.779. The molecular weight excluding hydrogens is 247 g/mol. The lowest BCUT2D eigenvalue weighted by Gasteiger charge is -2.28. The molecular formula is C12H20F3NO2. The average Bonchev–Trinajstić information content (AvgIpc) is 2.78. The molecule has 0 aromatic heterocycles. The van der Waals surface area contributed by atoms with Crippen molar-refractivity contribution in [3.05, 3.63) is 0 Å². The van der Waals surface area contributed by atoms with Gasteiger partial charge in [-0.25, -0.2) is 0 Å². The van der Waals surface area contributed by atoms with Crippen molar-refractivity contribution in [2.24, 2.45) is 17.6 Å². The molecule has 6 heteroatoms. The molecule has 0 spiro atoms. The monoisotopic (exact) mass is 267 g/mol. The molecule has 3 nitrogen and oxygen atoms in total. The van der Waals surface area contributed by atoms with Crippen LogP contribution in [0.3, 0.4) is 0 Å². The van der Waals surface area contributed by atoms with Gasteiger partial charge in [0.15, 0.2) is 0 Å². The van der Waals surface area contributed by atoms with E-state index in [9.17, 15) is 18.0 Å². The van der Waals surface area contributed by atoms with E-state index in [0.717, 1.165) is 12.8 Å². The third kappa shape index (κ3) is 3.86. The first kappa shape index (κ1) is 15.3. The van der Waals surface area contributed by atoms with E-state index in [1.807, 2.05) is 0 Å². The summed E-state index contributed by atoms with van der Waals surface area (Å²) in [4.78, 5) is 11.8. The van der Waals surface area contributed by atoms with Crippen molar-refractivity contribution in [1.29, 1.82) is 0 Å². The van der Waals surface area contributed by atoms with E-state index in [0.29, 0.717) is 19.3 Å². The maximum Gasteiger partial charge on any atom is 0.404 e. The molecule has 0 unspecified atom stereocenters. The van der Waals surface area contributed by atoms with Crippen molar-refractivity contribution in [2.45, 2.75) is 51.2 Å². The van der Waals surface area contributed by atoms with Crippen LogP contribution < -0.4 is 5.73 Å². The van der Waals surface area contributed by atoms with Gasteiger partial charge in [0.1, 0.15) is 6.04 Å². The highest BCUT2D eigenvalue weighted by Crippen LogP contribution is 2.37. The number of nitrogens with two attached hydrogens (primary N) is 1. The number of carbonyl (C=O) groups is 1. The van der Waals surface area contributed by atoms with Gasteiger partial charge < -0.3 is 10.5 Å². The van der Waals surface area contributed by atoms with Gasteiger partial charge in [-0.1, -0.05) is 19.8 Å². The van der Waals surface area contributed by atoms with Gasteiger partial charge in [0.2, 0.25) is 0 Å². The lowest BCUT2D eigenvalue weighted by Crippen LogP contribution is -2.50. The van der Waals surface area contributed by atoms with E-state index in [1.54, 1.807) is 6.92 Å². The van der Waals surface area contributed by atoms with Crippen LogP contribution >= 0.6 is 0 Å². The fourth-order valence-electron chi connectivity index (χ4n) is 2.45. The third-order valence-corrected chi connectivity index (χ3v) is 3.39. The molecule has 0 amide bonds. The van der Waals surface area contributed by atoms with Gasteiger partial charge in [-0.2, -0.15) is 13.2 Å². The Morgan fingerprint density at radius 1 is 1.39 bits per heavy atom. The first-order chi connectivity index (χ1) is 8.38. The second-order valence-corrected chi connectivity index (χ2v) is 4.81. The molecule has 0 heterocycles. The van der Waals surface area contributed by atoms with Crippen molar-refractivity contribution in [3.8, 4) is 0 Å². The molecule has 1 saturated carbocycles. The molecule has 0 radical (unpaired) electrons. The predicted molar refractivity (Wildman–Crippen MR) is 60.7 cm³/mol. The number of hydrogen-bond donors (Lipinski definition) is 1. The molecule has 2 N–H and O–H groups in total. The van der Waals surface area contributed by atoms with Crippen molar-refractivity contribution < 1.29 is 22.7 Å². The molecule has 0 aromatic carbocycles. The highest BCUT2D eigenvalue weighted by Gasteiger charge is 2.49. The molecule has 0 aromatic rings. The van der Waals surface area contributed by atoms with Crippen LogP contribution in [0.5, 0.6) is 0 Å². The van der Waals surface area contributed by atoms with E-state index in [4.69, 9.17) is 10.5 Å². The number of carbonyl (C=O) groups excluding carboxylic acids is 1. The highest BCUT2D eigenvalue weighted by molar-refractivity contribution is 5.74. The second kappa shape index (κ2) is 6.41. The Hall–Kier alpha value is -0.780. The van der Waals surface area contributed by atoms with Gasteiger partial charge in [-0.15, -0.1) is 0 Å². The fourth-order valence-corrected chi connectivity index (χ4v) is 2.45. The Morgan fingerprint density at radius 2 is 1.94 bits per heavy atom. The van der Waals surface area contributed by atoms with Gasteiger partial charge in [0.05, 0.1) is 12.5 Å². The van der Waals surface area contributed by atoms with Crippen LogP contribution in [0.2, 0.25) is 0 Å². The molecule has 1 aliphatic rings. The SMILES string of the molecule is CCCOC(=O)[C@H](C1CCCC1)[C@@H](N)C(F)(F)F. The summed E-state index contributed by atoms with van der Waals surface area (Å²) in [6.07, 6.45) is -1.02. The minimum absolute atomic E-state index is 0.145. The number of halogens is 3. The van der Waals surface area contributed by atoms with Crippen LogP contribution in [0, 0.1) is 11.8 Å². The van der Waals surface area contributed by atoms with Gasteiger partial charge >= 0.3 is 12.1 Å². The summed E-state index contributed by atoms with van der Waals surface area (Å²) in [5.74, 6) is -2.35. The summed E-state index contributed by atoms with van der Waals surface area (Å²) in [5, 5.41) is 0. The Bertz CT molecular complexity index is 275. The topological polar surface area (TPSA) is 52.3 Å². The molecule has 0 saturated heterocycles. The minimum Gasteiger partial charge on any atom is -0.465 e. The zero-order valence-electron chi connectivity index (χ0n) is 10.5. The molecule has 0 bridgehead atoms. The van der Waals surface area contributed by atoms with E-state index >= 15 is 0 Å². The molecule has 1 aliphatic carbocycles. The number of ether oxygens (including phenoxy) is 1. The van der Waals surface area contributed by atoms with E-state index in [-0.39, 0.29) is 12.5 Å². The summed E-state index contributed by atoms with van der Waals surface area (Å²) < 4.78 is 43.0. The summed E-state index contributed by atoms with van der Waals surface area (Å²) in [6, 6.07) is -2.12. The van der Waals surface area contributed by atoms with E-state index in [2.05, 4.69) is 0 Å². The molecule has 1 rings (SSSR count). The largest absolute Gasteiger partial charge is 0.465 e. The van der Waals surface area contributed by atoms with Crippen molar-refractivity contribution in [2.75, 3.05) is 6.61 Å². The summed E-state index contributed by atoms with van der Waals surface area (Å²) >= 11 is 0. The fraction of sp³-hybridized carbons (Fsp3) is 0.917. The van der Waals surface area contributed by atoms with Gasteiger partial charge in [0, 0.05) is 0 Å². The van der Waals surface area contributed by atoms with Crippen molar-refractivity contribution in [1.82, 2.24) is 0 Å². The molecule has 1 fully saturated rings.